The minimum atomic E-state index is -1.23. The largest absolute Gasteiger partial charge is 0.465 e. The van der Waals surface area contributed by atoms with E-state index in [-0.39, 0.29) is 0 Å². The topological polar surface area (TPSA) is 66.4 Å². The van der Waals surface area contributed by atoms with E-state index in [1.165, 1.54) is 6.08 Å². The highest BCUT2D eigenvalue weighted by molar-refractivity contribution is 5.72. The molecule has 0 aromatic carbocycles. The van der Waals surface area contributed by atoms with Gasteiger partial charge in [0.2, 0.25) is 0 Å². The number of carboxylic acid groups (broad SMARTS) is 1. The van der Waals surface area contributed by atoms with Crippen LogP contribution in [-0.2, 0) is 4.79 Å². The molecular weight excluding hydrogens is 122 g/mol. The molecular formula is C5H7NO3. The smallest absolute Gasteiger partial charge is 0.405 e. The summed E-state index contributed by atoms with van der Waals surface area (Å²) in [4.78, 5) is 19.7. The second-order valence-corrected chi connectivity index (χ2v) is 1.35. The first-order valence-corrected chi connectivity index (χ1v) is 2.28. The minimum absolute atomic E-state index is 0.459. The normalized spacial score (nSPS) is 11.6. The summed E-state index contributed by atoms with van der Waals surface area (Å²) < 4.78 is 0. The average Bonchev–Trinajstić information content (AvgIpc) is 1.82. The van der Waals surface area contributed by atoms with E-state index in [1.807, 2.05) is 5.32 Å². The fourth-order valence-electron chi connectivity index (χ4n) is 0.291. The van der Waals surface area contributed by atoms with Crippen molar-refractivity contribution in [2.45, 2.75) is 6.04 Å². The number of carbonyl (C=O) groups excluding carboxylic acids is 1. The van der Waals surface area contributed by atoms with Crippen LogP contribution in [0.3, 0.4) is 0 Å². The Morgan fingerprint density at radius 1 is 1.78 bits per heavy atom. The van der Waals surface area contributed by atoms with Gasteiger partial charge in [-0.05, 0) is 0 Å². The average molecular weight is 129 g/mol. The first-order chi connectivity index (χ1) is 4.20. The first-order valence-electron chi connectivity index (χ1n) is 2.28. The molecule has 0 bridgehead atoms. The molecule has 0 spiro atoms. The van der Waals surface area contributed by atoms with Gasteiger partial charge in [-0.3, -0.25) is 0 Å². The maximum absolute atomic E-state index is 9.87. The van der Waals surface area contributed by atoms with Crippen LogP contribution in [0.1, 0.15) is 0 Å². The molecule has 0 aliphatic heterocycles. The summed E-state index contributed by atoms with van der Waals surface area (Å²) in [6.07, 6.45) is 0.439. The SMILES string of the molecule is C=CC(C=O)NC(=O)O. The molecule has 1 amide bonds. The standard InChI is InChI=1S/C5H7NO3/c1-2-4(3-7)6-5(8)9/h2-4,6H,1H2,(H,8,9). The number of nitrogens with one attached hydrogen (secondary N) is 1. The van der Waals surface area contributed by atoms with Crippen molar-refractivity contribution in [3.05, 3.63) is 12.7 Å². The molecule has 0 fully saturated rings. The molecule has 9 heavy (non-hydrogen) atoms. The fraction of sp³-hybridized carbons (Fsp3) is 0.200. The van der Waals surface area contributed by atoms with E-state index >= 15 is 0 Å². The Balaban J connectivity index is 3.68. The predicted octanol–water partition coefficient (Wildman–Crippen LogP) is 0.00750. The first kappa shape index (κ1) is 7.68. The second-order valence-electron chi connectivity index (χ2n) is 1.35. The number of hydrogen-bond donors (Lipinski definition) is 2. The molecule has 50 valence electrons. The number of hydrogen-bond acceptors (Lipinski definition) is 2. The Labute approximate surface area is 52.2 Å². The van der Waals surface area contributed by atoms with Gasteiger partial charge in [-0.25, -0.2) is 4.79 Å². The molecule has 0 aliphatic rings. The molecule has 0 aromatic rings. The predicted molar refractivity (Wildman–Crippen MR) is 31.2 cm³/mol. The van der Waals surface area contributed by atoms with Crippen molar-refractivity contribution >= 4 is 12.4 Å². The van der Waals surface area contributed by atoms with Gasteiger partial charge in [0, 0.05) is 0 Å². The Bertz CT molecular complexity index is 124. The summed E-state index contributed by atoms with van der Waals surface area (Å²) in [5, 5.41) is 9.94. The van der Waals surface area contributed by atoms with Gasteiger partial charge in [-0.1, -0.05) is 6.08 Å². The molecule has 0 rings (SSSR count). The van der Waals surface area contributed by atoms with Crippen LogP contribution in [0.5, 0.6) is 0 Å². The van der Waals surface area contributed by atoms with Crippen molar-refractivity contribution in [2.75, 3.05) is 0 Å². The van der Waals surface area contributed by atoms with Gasteiger partial charge in [-0.15, -0.1) is 6.58 Å². The lowest BCUT2D eigenvalue weighted by atomic mass is 10.3. The molecule has 0 saturated heterocycles. The highest BCUT2D eigenvalue weighted by atomic mass is 16.4. The lowest BCUT2D eigenvalue weighted by molar-refractivity contribution is -0.108. The van der Waals surface area contributed by atoms with Gasteiger partial charge in [0.1, 0.15) is 12.3 Å². The summed E-state index contributed by atoms with van der Waals surface area (Å²) in [6, 6.07) is -0.789. The maximum atomic E-state index is 9.87. The molecule has 0 aliphatic carbocycles. The molecule has 0 radical (unpaired) electrons. The Kier molecular flexibility index (Phi) is 3.12. The Morgan fingerprint density at radius 2 is 2.33 bits per heavy atom. The maximum Gasteiger partial charge on any atom is 0.405 e. The van der Waals surface area contributed by atoms with Crippen LogP contribution in [0.25, 0.3) is 0 Å². The molecule has 0 heterocycles. The molecule has 0 saturated carbocycles. The summed E-state index contributed by atoms with van der Waals surface area (Å²) in [7, 11) is 0. The third kappa shape index (κ3) is 3.28. The van der Waals surface area contributed by atoms with Gasteiger partial charge in [0.05, 0.1) is 0 Å². The van der Waals surface area contributed by atoms with Gasteiger partial charge in [0.25, 0.3) is 0 Å². The van der Waals surface area contributed by atoms with Gasteiger partial charge >= 0.3 is 6.09 Å². The number of rotatable bonds is 3. The van der Waals surface area contributed by atoms with Crippen molar-refractivity contribution in [1.82, 2.24) is 5.32 Å². The van der Waals surface area contributed by atoms with E-state index < -0.39 is 12.1 Å². The second kappa shape index (κ2) is 3.65. The van der Waals surface area contributed by atoms with Crippen LogP contribution in [-0.4, -0.2) is 23.5 Å². The van der Waals surface area contributed by atoms with E-state index in [4.69, 9.17) is 5.11 Å². The van der Waals surface area contributed by atoms with E-state index in [0.29, 0.717) is 6.29 Å². The lowest BCUT2D eigenvalue weighted by Crippen LogP contribution is -2.32. The van der Waals surface area contributed by atoms with Crippen molar-refractivity contribution in [2.24, 2.45) is 0 Å². The van der Waals surface area contributed by atoms with Gasteiger partial charge in [0.15, 0.2) is 0 Å². The van der Waals surface area contributed by atoms with Crippen LogP contribution in [0.2, 0.25) is 0 Å². The highest BCUT2D eigenvalue weighted by Gasteiger charge is 2.02. The zero-order valence-corrected chi connectivity index (χ0v) is 4.70. The summed E-state index contributed by atoms with van der Waals surface area (Å²) >= 11 is 0. The van der Waals surface area contributed by atoms with Crippen LogP contribution in [0, 0.1) is 0 Å². The molecule has 4 nitrogen and oxygen atoms in total. The van der Waals surface area contributed by atoms with Crippen molar-refractivity contribution in [3.8, 4) is 0 Å². The molecule has 1 atom stereocenters. The van der Waals surface area contributed by atoms with Crippen LogP contribution >= 0.6 is 0 Å². The Hall–Kier alpha value is -1.32. The van der Waals surface area contributed by atoms with Crippen molar-refractivity contribution in [3.63, 3.8) is 0 Å². The Morgan fingerprint density at radius 3 is 2.44 bits per heavy atom. The van der Waals surface area contributed by atoms with Crippen molar-refractivity contribution < 1.29 is 14.7 Å². The van der Waals surface area contributed by atoms with E-state index in [2.05, 4.69) is 6.58 Å². The molecule has 1 unspecified atom stereocenters. The van der Waals surface area contributed by atoms with E-state index in [1.54, 1.807) is 0 Å². The van der Waals surface area contributed by atoms with Crippen LogP contribution < -0.4 is 5.32 Å². The van der Waals surface area contributed by atoms with E-state index in [9.17, 15) is 9.59 Å². The highest BCUT2D eigenvalue weighted by Crippen LogP contribution is 1.76. The summed E-state index contributed by atoms with van der Waals surface area (Å²) in [5.74, 6) is 0. The number of aldehydes is 1. The third-order valence-corrected chi connectivity index (χ3v) is 0.691. The van der Waals surface area contributed by atoms with Crippen molar-refractivity contribution in [1.29, 1.82) is 0 Å². The van der Waals surface area contributed by atoms with Crippen LogP contribution in [0.4, 0.5) is 4.79 Å². The zero-order valence-electron chi connectivity index (χ0n) is 4.70. The quantitative estimate of drug-likeness (QED) is 0.416. The monoisotopic (exact) mass is 129 g/mol. The number of carbonyl (C=O) groups is 2. The lowest BCUT2D eigenvalue weighted by Gasteiger charge is -2.00. The van der Waals surface area contributed by atoms with Gasteiger partial charge in [-0.2, -0.15) is 0 Å². The number of amides is 1. The van der Waals surface area contributed by atoms with E-state index in [0.717, 1.165) is 0 Å². The third-order valence-electron chi connectivity index (χ3n) is 0.691. The molecule has 4 heteroatoms. The summed E-state index contributed by atoms with van der Waals surface area (Å²) in [6.45, 7) is 3.23. The molecule has 2 N–H and O–H groups in total. The summed E-state index contributed by atoms with van der Waals surface area (Å²) in [5.41, 5.74) is 0. The minimum Gasteiger partial charge on any atom is -0.465 e. The zero-order chi connectivity index (χ0) is 7.28. The van der Waals surface area contributed by atoms with Gasteiger partial charge < -0.3 is 15.2 Å². The fourth-order valence-corrected chi connectivity index (χ4v) is 0.291. The molecule has 0 aromatic heterocycles. The van der Waals surface area contributed by atoms with Crippen LogP contribution in [0.15, 0.2) is 12.7 Å².